The largest absolute Gasteiger partial charge is 1.00 e. The van der Waals surface area contributed by atoms with Crippen LogP contribution in [0.15, 0.2) is 103 Å². The van der Waals surface area contributed by atoms with Gasteiger partial charge in [0, 0.05) is 41.1 Å². The van der Waals surface area contributed by atoms with Crippen LogP contribution in [-0.2, 0) is 9.68 Å². The summed E-state index contributed by atoms with van der Waals surface area (Å²) in [6.45, 7) is -0.181. The van der Waals surface area contributed by atoms with Gasteiger partial charge < -0.3 is 30.5 Å². The molecule has 0 atom stereocenters. The third-order valence-corrected chi connectivity index (χ3v) is 8.51. The van der Waals surface area contributed by atoms with Crippen molar-refractivity contribution in [3.63, 3.8) is 0 Å². The zero-order chi connectivity index (χ0) is 32.0. The van der Waals surface area contributed by atoms with Crippen LogP contribution in [0.1, 0.15) is 2.80 Å². The number of fused-ring (bicyclic) bond motifs is 3. The van der Waals surface area contributed by atoms with Crippen LogP contribution >= 0.6 is 63.7 Å². The van der Waals surface area contributed by atoms with Crippen molar-refractivity contribution in [2.75, 3.05) is 7.15 Å². The average molecular weight is 925 g/mol. The van der Waals surface area contributed by atoms with Gasteiger partial charge in [-0.3, -0.25) is 9.18 Å². The van der Waals surface area contributed by atoms with Gasteiger partial charge in [0.25, 0.3) is 6.47 Å². The molecule has 7 rings (SSSR count). The number of rotatable bonds is 2. The molecule has 45 heavy (non-hydrogen) atoms. The summed E-state index contributed by atoms with van der Waals surface area (Å²) in [5, 5.41) is 20.4. The van der Waals surface area contributed by atoms with Gasteiger partial charge in [-0.15, -0.1) is 0 Å². The molecule has 6 aromatic rings. The molecule has 2 aromatic heterocycles. The molecule has 0 saturated carbocycles. The number of aromatic hydroxyl groups is 1. The minimum atomic E-state index is -1.00. The van der Waals surface area contributed by atoms with Gasteiger partial charge in [-0.1, -0.05) is 63.7 Å². The number of ether oxygens (including phenoxy) is 1. The second kappa shape index (κ2) is 19.3. The minimum Gasteiger partial charge on any atom is -1.00 e. The van der Waals surface area contributed by atoms with E-state index in [1.165, 1.54) is 11.5 Å². The predicted molar refractivity (Wildman–Crippen MR) is 174 cm³/mol. The Morgan fingerprint density at radius 2 is 1.36 bits per heavy atom. The van der Waals surface area contributed by atoms with Crippen LogP contribution in [0.25, 0.3) is 33.2 Å². The van der Waals surface area contributed by atoms with Crippen LogP contribution in [0.3, 0.4) is 0 Å². The Bertz CT molecular complexity index is 1970. The van der Waals surface area contributed by atoms with Crippen molar-refractivity contribution < 1.29 is 139 Å². The number of halogens is 6. The number of hydrogen-bond acceptors (Lipinski definition) is 5. The van der Waals surface area contributed by atoms with Crippen LogP contribution in [0.5, 0.6) is 17.2 Å². The van der Waals surface area contributed by atoms with Crippen LogP contribution in [0, 0.1) is 5.82 Å². The normalized spacial score (nSPS) is 10.5. The fraction of sp³-hybridized carbons (Fsp3) is 0.0333. The quantitative estimate of drug-likeness (QED) is 0.125. The van der Waals surface area contributed by atoms with Gasteiger partial charge in [-0.05, 0) is 72.8 Å². The zero-order valence-corrected chi connectivity index (χ0v) is 36.2. The first-order chi connectivity index (χ1) is 21.1. The average Bonchev–Trinajstić information content (AvgIpc) is 3.65. The molecule has 0 aliphatic carbocycles. The zero-order valence-electron chi connectivity index (χ0n) is 25.6. The van der Waals surface area contributed by atoms with E-state index in [2.05, 4.69) is 91.5 Å². The number of carbonyl (C=O) groups excluding carboxylic acids is 1. The van der Waals surface area contributed by atoms with E-state index < -0.39 is 7.15 Å². The van der Waals surface area contributed by atoms with E-state index >= 15 is 0 Å². The van der Waals surface area contributed by atoms with Crippen molar-refractivity contribution in [3.05, 3.63) is 109 Å². The fourth-order valence-electron chi connectivity index (χ4n) is 4.45. The SMILES string of the molecule is Brc1ccc2c(c1)Oc1ccc(Br)c3ccn-2c13.O=CO[O-].Oc1ccc(Br)c2ccn(-c3ccc(Br)cc3F)c12.[2H]CF.[H-].[K+].[K+]. The number of phenolic OH excluding ortho intramolecular Hbond substituents is 1. The topological polar surface area (TPSA) is 88.7 Å². The standard InChI is InChI=1S/C14H8Br2FNO.C14H7Br2NO.CH3F.CH2O3.2K.H/c15-8-1-3-12(11(17)7-8)18-6-5-9-10(16)2-4-13(19)14(9)18;15-8-1-3-11-13(7-8)18-12-4-2-10(16)9-5-6-17(11)14(9)12;1-2;2-1-4-3;;;/h1-7,19H;1-7H;1H3;1,3H;;;/q;;;;2*+1;-1/p-1/i;;1D;;;;. The maximum Gasteiger partial charge on any atom is 1.00 e. The van der Waals surface area contributed by atoms with Crippen molar-refractivity contribution >= 4 is 92.0 Å². The van der Waals surface area contributed by atoms with E-state index in [1.54, 1.807) is 35.0 Å². The van der Waals surface area contributed by atoms with Crippen molar-refractivity contribution in [2.24, 2.45) is 0 Å². The molecule has 0 unspecified atom stereocenters. The summed E-state index contributed by atoms with van der Waals surface area (Å²) in [6, 6.07) is 22.2. The van der Waals surface area contributed by atoms with Crippen LogP contribution in [0.2, 0.25) is 0 Å². The van der Waals surface area contributed by atoms with E-state index in [-0.39, 0.29) is 122 Å². The van der Waals surface area contributed by atoms with Gasteiger partial charge in [0.1, 0.15) is 11.6 Å². The van der Waals surface area contributed by atoms with E-state index in [9.17, 15) is 13.9 Å². The Hall–Kier alpha value is 0.0427. The monoisotopic (exact) mass is 921 g/mol. The molecule has 4 aromatic carbocycles. The van der Waals surface area contributed by atoms with Crippen LogP contribution in [-0.4, -0.2) is 27.9 Å². The second-order valence-corrected chi connectivity index (χ2v) is 12.1. The van der Waals surface area contributed by atoms with Crippen molar-refractivity contribution in [2.45, 2.75) is 0 Å². The first-order valence-electron chi connectivity index (χ1n) is 12.6. The third-order valence-electron chi connectivity index (χ3n) is 6.14. The molecule has 0 amide bonds. The predicted octanol–water partition coefficient (Wildman–Crippen LogP) is 3.40. The first-order valence-corrected chi connectivity index (χ1v) is 15.1. The summed E-state index contributed by atoms with van der Waals surface area (Å²) in [5.41, 5.74) is 3.15. The molecule has 0 saturated heterocycles. The molecule has 1 aliphatic rings. The molecule has 0 fully saturated rings. The fourth-order valence-corrected chi connectivity index (χ4v) is 6.03. The first kappa shape index (κ1) is 39.5. The molecule has 7 nitrogen and oxygen atoms in total. The number of phenols is 1. The van der Waals surface area contributed by atoms with Gasteiger partial charge in [0.2, 0.25) is 0 Å². The van der Waals surface area contributed by atoms with Crippen molar-refractivity contribution in [1.29, 1.82) is 0 Å². The molecule has 15 heteroatoms. The van der Waals surface area contributed by atoms with E-state index in [0.717, 1.165) is 41.5 Å². The van der Waals surface area contributed by atoms with Gasteiger partial charge in [0.05, 0.1) is 30.9 Å². The summed E-state index contributed by atoms with van der Waals surface area (Å²) >= 11 is 13.7. The maximum absolute atomic E-state index is 14.0. The second-order valence-electron chi connectivity index (χ2n) is 8.51. The molecular formula is C30H20Br4F2K2N2O5. The Kier molecular flexibility index (Phi) is 16.9. The van der Waals surface area contributed by atoms with Gasteiger partial charge in [-0.2, -0.15) is 0 Å². The number of hydrogen-bond donors (Lipinski definition) is 1. The van der Waals surface area contributed by atoms with Crippen molar-refractivity contribution in [3.8, 4) is 28.6 Å². The Morgan fingerprint density at radius 1 is 0.844 bits per heavy atom. The molecule has 224 valence electrons. The number of aromatic nitrogens is 2. The number of nitrogens with zero attached hydrogens (tertiary/aromatic N) is 2. The molecule has 0 radical (unpaired) electrons. The third kappa shape index (κ3) is 9.39. The Morgan fingerprint density at radius 3 is 1.93 bits per heavy atom. The summed E-state index contributed by atoms with van der Waals surface area (Å²) in [6.07, 6.45) is 3.82. The van der Waals surface area contributed by atoms with Gasteiger partial charge in [-0.25, -0.2) is 4.39 Å². The molecule has 0 bridgehead atoms. The summed E-state index contributed by atoms with van der Waals surface area (Å²) < 4.78 is 42.9. The van der Waals surface area contributed by atoms with E-state index in [0.29, 0.717) is 15.7 Å². The number of alkyl halides is 1. The molecule has 0 spiro atoms. The van der Waals surface area contributed by atoms with Crippen LogP contribution in [0.4, 0.5) is 8.78 Å². The molecule has 1 N–H and O–H groups in total. The van der Waals surface area contributed by atoms with Crippen molar-refractivity contribution in [1.82, 2.24) is 9.13 Å². The van der Waals surface area contributed by atoms with E-state index in [1.807, 2.05) is 30.3 Å². The minimum absolute atomic E-state index is 0. The van der Waals surface area contributed by atoms with Crippen LogP contribution < -0.4 is 113 Å². The Labute approximate surface area is 378 Å². The summed E-state index contributed by atoms with van der Waals surface area (Å²) in [5.74, 6) is 1.53. The molecule has 3 heterocycles. The summed E-state index contributed by atoms with van der Waals surface area (Å²) in [4.78, 5) is 11.2. The Balaban J connectivity index is 0.000000373. The molecule has 1 aliphatic heterocycles. The van der Waals surface area contributed by atoms with Gasteiger partial charge >= 0.3 is 103 Å². The number of carbonyl (C=O) groups is 1. The molecular weight excluding hydrogens is 904 g/mol. The van der Waals surface area contributed by atoms with Gasteiger partial charge in [0.15, 0.2) is 11.5 Å². The smallest absolute Gasteiger partial charge is 1.00 e. The number of benzene rings is 4. The van der Waals surface area contributed by atoms with E-state index in [4.69, 9.17) is 16.2 Å². The maximum atomic E-state index is 14.0. The summed E-state index contributed by atoms with van der Waals surface area (Å²) in [7, 11) is -1.00.